The zero-order valence-electron chi connectivity index (χ0n) is 17.4. The Morgan fingerprint density at radius 2 is 2.00 bits per heavy atom. The van der Waals surface area contributed by atoms with Crippen LogP contribution in [0.25, 0.3) is 11.0 Å². The van der Waals surface area contributed by atoms with Crippen LogP contribution in [-0.2, 0) is 16.0 Å². The number of nitrogens with one attached hydrogen (secondary N) is 1. The normalized spacial score (nSPS) is 14.6. The number of hydrogen-bond acceptors (Lipinski definition) is 6. The molecule has 8 nitrogen and oxygen atoms in total. The number of carboxylic acid groups (broad SMARTS) is 1. The topological polar surface area (TPSA) is 113 Å². The first-order valence-corrected chi connectivity index (χ1v) is 10.2. The number of benzene rings is 1. The average Bonchev–Trinajstić information content (AvgIpc) is 3.43. The van der Waals surface area contributed by atoms with Gasteiger partial charge in [0.25, 0.3) is 6.47 Å². The molecule has 1 amide bonds. The molecule has 4 rings (SSSR count). The molecule has 3 aromatic rings. The summed E-state index contributed by atoms with van der Waals surface area (Å²) in [5.41, 5.74) is 1.76. The summed E-state index contributed by atoms with van der Waals surface area (Å²) in [7, 11) is 0. The van der Waals surface area contributed by atoms with Crippen molar-refractivity contribution in [3.63, 3.8) is 0 Å². The second-order valence-electron chi connectivity index (χ2n) is 7.45. The van der Waals surface area contributed by atoms with Gasteiger partial charge in [0.05, 0.1) is 18.7 Å². The van der Waals surface area contributed by atoms with E-state index in [1.54, 1.807) is 6.26 Å². The highest BCUT2D eigenvalue weighted by Gasteiger charge is 2.26. The van der Waals surface area contributed by atoms with Gasteiger partial charge in [0.15, 0.2) is 0 Å². The Kier molecular flexibility index (Phi) is 7.61. The molecule has 1 unspecified atom stereocenters. The summed E-state index contributed by atoms with van der Waals surface area (Å²) in [4.78, 5) is 35.2. The molecule has 1 aliphatic heterocycles. The van der Waals surface area contributed by atoms with E-state index in [1.807, 2.05) is 37.3 Å². The van der Waals surface area contributed by atoms with Gasteiger partial charge < -0.3 is 19.3 Å². The van der Waals surface area contributed by atoms with E-state index in [4.69, 9.17) is 18.7 Å². The summed E-state index contributed by atoms with van der Waals surface area (Å²) >= 11 is 0. The van der Waals surface area contributed by atoms with Gasteiger partial charge in [-0.15, -0.1) is 0 Å². The van der Waals surface area contributed by atoms with Gasteiger partial charge in [0.1, 0.15) is 11.3 Å². The number of likely N-dealkylation sites (tertiary alicyclic amines) is 1. The van der Waals surface area contributed by atoms with E-state index in [0.717, 1.165) is 42.6 Å². The van der Waals surface area contributed by atoms with Crippen LogP contribution in [0, 0.1) is 6.92 Å². The lowest BCUT2D eigenvalue weighted by molar-refractivity contribution is -0.123. The number of furan rings is 1. The minimum atomic E-state index is -0.438. The first-order valence-electron chi connectivity index (χ1n) is 10.2. The number of nitrogens with zero attached hydrogens (tertiary/aromatic N) is 1. The zero-order chi connectivity index (χ0) is 22.2. The van der Waals surface area contributed by atoms with Gasteiger partial charge >= 0.3 is 5.63 Å². The predicted molar refractivity (Wildman–Crippen MR) is 115 cm³/mol. The van der Waals surface area contributed by atoms with Gasteiger partial charge in [-0.3, -0.25) is 14.5 Å². The van der Waals surface area contributed by atoms with Crippen LogP contribution in [0.2, 0.25) is 0 Å². The van der Waals surface area contributed by atoms with Gasteiger partial charge in [0.2, 0.25) is 5.91 Å². The summed E-state index contributed by atoms with van der Waals surface area (Å²) in [6.07, 6.45) is 4.13. The number of carbonyl (C=O) groups excluding carboxylic acids is 1. The second kappa shape index (κ2) is 10.6. The molecule has 8 heteroatoms. The van der Waals surface area contributed by atoms with Crippen LogP contribution in [0.5, 0.6) is 0 Å². The van der Waals surface area contributed by atoms with Crippen molar-refractivity contribution in [3.05, 3.63) is 70.0 Å². The second-order valence-corrected chi connectivity index (χ2v) is 7.45. The molecule has 1 saturated heterocycles. The Morgan fingerprint density at radius 1 is 1.26 bits per heavy atom. The lowest BCUT2D eigenvalue weighted by Crippen LogP contribution is -2.37. The highest BCUT2D eigenvalue weighted by atomic mass is 16.4. The number of fused-ring (bicyclic) bond motifs is 1. The van der Waals surface area contributed by atoms with Crippen molar-refractivity contribution in [1.29, 1.82) is 0 Å². The van der Waals surface area contributed by atoms with E-state index in [-0.39, 0.29) is 24.8 Å². The van der Waals surface area contributed by atoms with Gasteiger partial charge in [0, 0.05) is 18.0 Å². The van der Waals surface area contributed by atoms with Crippen molar-refractivity contribution in [2.45, 2.75) is 32.2 Å². The van der Waals surface area contributed by atoms with Crippen molar-refractivity contribution in [3.8, 4) is 0 Å². The predicted octanol–water partition coefficient (Wildman–Crippen LogP) is 2.89. The van der Waals surface area contributed by atoms with Crippen molar-refractivity contribution in [1.82, 2.24) is 10.2 Å². The Labute approximate surface area is 179 Å². The maximum atomic E-state index is 12.6. The largest absolute Gasteiger partial charge is 0.483 e. The fourth-order valence-corrected chi connectivity index (χ4v) is 3.87. The number of carbonyl (C=O) groups is 2. The van der Waals surface area contributed by atoms with Crippen LogP contribution in [0.15, 0.2) is 56.3 Å². The number of hydrogen-bond donors (Lipinski definition) is 2. The molecule has 1 atom stereocenters. The Bertz CT molecular complexity index is 1070. The first kappa shape index (κ1) is 22.3. The molecule has 0 bridgehead atoms. The van der Waals surface area contributed by atoms with Gasteiger partial charge in [-0.1, -0.05) is 12.1 Å². The third-order valence-corrected chi connectivity index (χ3v) is 5.28. The maximum Gasteiger partial charge on any atom is 0.336 e. The summed E-state index contributed by atoms with van der Waals surface area (Å²) < 4.78 is 10.9. The van der Waals surface area contributed by atoms with Crippen LogP contribution in [0.1, 0.15) is 35.8 Å². The fourth-order valence-electron chi connectivity index (χ4n) is 3.87. The van der Waals surface area contributed by atoms with Crippen LogP contribution < -0.4 is 10.9 Å². The monoisotopic (exact) mass is 426 g/mol. The SMILES string of the molecule is Cc1ccc2c(CC(=O)NCC(c3ccco3)N3CCCC3)cc(=O)oc2c1.O=CO. The molecule has 2 aromatic heterocycles. The average molecular weight is 426 g/mol. The van der Waals surface area contributed by atoms with Crippen LogP contribution in [-0.4, -0.2) is 42.0 Å². The first-order chi connectivity index (χ1) is 15.0. The zero-order valence-corrected chi connectivity index (χ0v) is 17.4. The van der Waals surface area contributed by atoms with E-state index in [0.29, 0.717) is 17.7 Å². The van der Waals surface area contributed by atoms with E-state index >= 15 is 0 Å². The molecule has 0 radical (unpaired) electrons. The lowest BCUT2D eigenvalue weighted by atomic mass is 10.1. The molecule has 164 valence electrons. The molecule has 0 saturated carbocycles. The molecular weight excluding hydrogens is 400 g/mol. The fraction of sp³-hybridized carbons (Fsp3) is 0.348. The molecule has 0 aliphatic carbocycles. The Hall–Kier alpha value is -3.39. The minimum Gasteiger partial charge on any atom is -0.483 e. The summed E-state index contributed by atoms with van der Waals surface area (Å²) in [5.74, 6) is 0.742. The third kappa shape index (κ3) is 5.82. The van der Waals surface area contributed by atoms with Crippen molar-refractivity contribution in [2.24, 2.45) is 0 Å². The summed E-state index contributed by atoms with van der Waals surface area (Å²) in [6, 6.07) is 10.9. The van der Waals surface area contributed by atoms with E-state index < -0.39 is 5.63 Å². The summed E-state index contributed by atoms with van der Waals surface area (Å²) in [6.45, 7) is 4.17. The minimum absolute atomic E-state index is 0.0293. The van der Waals surface area contributed by atoms with Crippen molar-refractivity contribution in [2.75, 3.05) is 19.6 Å². The molecule has 1 aromatic carbocycles. The molecule has 1 aliphatic rings. The maximum absolute atomic E-state index is 12.6. The van der Waals surface area contributed by atoms with Gasteiger partial charge in [-0.25, -0.2) is 4.79 Å². The standard InChI is InChI=1S/C22H24N2O4.CH2O2/c1-15-6-7-17-16(13-22(26)28-20(17)11-15)12-21(25)23-14-18(19-5-4-10-27-19)24-8-2-3-9-24;2-1-3/h4-7,10-11,13,18H,2-3,8-9,12,14H2,1H3,(H,23,25);1H,(H,2,3). The van der Waals surface area contributed by atoms with Crippen molar-refractivity contribution >= 4 is 23.3 Å². The Morgan fingerprint density at radius 3 is 2.68 bits per heavy atom. The third-order valence-electron chi connectivity index (χ3n) is 5.28. The van der Waals surface area contributed by atoms with Crippen LogP contribution in [0.3, 0.4) is 0 Å². The smallest absolute Gasteiger partial charge is 0.336 e. The van der Waals surface area contributed by atoms with E-state index in [9.17, 15) is 9.59 Å². The molecule has 3 heterocycles. The molecular formula is C23H26N2O6. The lowest BCUT2D eigenvalue weighted by Gasteiger charge is -2.26. The molecule has 0 spiro atoms. The Balaban J connectivity index is 0.000000858. The van der Waals surface area contributed by atoms with E-state index in [2.05, 4.69) is 10.2 Å². The summed E-state index contributed by atoms with van der Waals surface area (Å²) in [5, 5.41) is 10.7. The highest BCUT2D eigenvalue weighted by Crippen LogP contribution is 2.25. The van der Waals surface area contributed by atoms with E-state index in [1.165, 1.54) is 6.07 Å². The number of rotatable bonds is 6. The molecule has 2 N–H and O–H groups in total. The van der Waals surface area contributed by atoms with Gasteiger partial charge in [-0.05, 0) is 62.2 Å². The number of amides is 1. The van der Waals surface area contributed by atoms with Gasteiger partial charge in [-0.2, -0.15) is 0 Å². The molecule has 31 heavy (non-hydrogen) atoms. The van der Waals surface area contributed by atoms with Crippen LogP contribution >= 0.6 is 0 Å². The highest BCUT2D eigenvalue weighted by molar-refractivity contribution is 5.87. The quantitative estimate of drug-likeness (QED) is 0.460. The van der Waals surface area contributed by atoms with Crippen molar-refractivity contribution < 1.29 is 23.5 Å². The number of aryl methyl sites for hydroxylation is 1. The molecule has 1 fully saturated rings. The van der Waals surface area contributed by atoms with Crippen LogP contribution in [0.4, 0.5) is 0 Å².